The highest BCUT2D eigenvalue weighted by Gasteiger charge is 2.30. The molecule has 9 heteroatoms. The van der Waals surface area contributed by atoms with Gasteiger partial charge >= 0.3 is 0 Å². The van der Waals surface area contributed by atoms with Crippen molar-refractivity contribution in [2.24, 2.45) is 0 Å². The van der Waals surface area contributed by atoms with E-state index < -0.39 is 21.7 Å². The fraction of sp³-hybridized carbons (Fsp3) is 0.333. The molecule has 1 aromatic heterocycles. The summed E-state index contributed by atoms with van der Waals surface area (Å²) >= 11 is 0. The number of halogens is 1. The highest BCUT2D eigenvalue weighted by molar-refractivity contribution is 7.89. The third-order valence-corrected chi connectivity index (χ3v) is 5.79. The summed E-state index contributed by atoms with van der Waals surface area (Å²) in [6.07, 6.45) is 1.94. The number of aromatic nitrogens is 2. The number of amides is 1. The Morgan fingerprint density at radius 3 is 2.79 bits per heavy atom. The summed E-state index contributed by atoms with van der Waals surface area (Å²) in [6.45, 7) is 1.82. The Hall–Kier alpha value is -2.26. The number of carbonyl (C=O) groups excluding carboxylic acids is 1. The van der Waals surface area contributed by atoms with E-state index in [9.17, 15) is 17.6 Å². The van der Waals surface area contributed by atoms with Gasteiger partial charge in [0, 0.05) is 6.54 Å². The molecule has 128 valence electrons. The van der Waals surface area contributed by atoms with Crippen LogP contribution >= 0.6 is 0 Å². The van der Waals surface area contributed by atoms with Crippen molar-refractivity contribution < 1.29 is 17.6 Å². The number of anilines is 1. The minimum absolute atomic E-state index is 0.0739. The average molecular weight is 352 g/mol. The average Bonchev–Trinajstić information content (AvgIpc) is 3.03. The molecule has 3 rings (SSSR count). The molecule has 0 saturated carbocycles. The summed E-state index contributed by atoms with van der Waals surface area (Å²) in [5, 5.41) is 6.72. The molecule has 1 aliphatic heterocycles. The van der Waals surface area contributed by atoms with Gasteiger partial charge in [-0.15, -0.1) is 0 Å². The first-order chi connectivity index (χ1) is 11.4. The second kappa shape index (κ2) is 6.33. The van der Waals surface area contributed by atoms with Crippen LogP contribution in [0.3, 0.4) is 0 Å². The second-order valence-electron chi connectivity index (χ2n) is 5.56. The lowest BCUT2D eigenvalue weighted by molar-refractivity contribution is -0.116. The summed E-state index contributed by atoms with van der Waals surface area (Å²) in [6, 6.07) is 6.18. The van der Waals surface area contributed by atoms with E-state index >= 15 is 0 Å². The molecular formula is C15H17FN4O3S. The third kappa shape index (κ3) is 3.17. The molecule has 1 N–H and O–H groups in total. The topological polar surface area (TPSA) is 84.3 Å². The molecule has 0 unspecified atom stereocenters. The molecule has 0 bridgehead atoms. The van der Waals surface area contributed by atoms with Gasteiger partial charge < -0.3 is 5.32 Å². The third-order valence-electron chi connectivity index (χ3n) is 3.89. The van der Waals surface area contributed by atoms with Crippen molar-refractivity contribution in [2.45, 2.75) is 13.3 Å². The molecule has 1 fully saturated rings. The predicted molar refractivity (Wildman–Crippen MR) is 86.9 cm³/mol. The minimum atomic E-state index is -3.33. The number of hydrogen-bond acceptors (Lipinski definition) is 4. The summed E-state index contributed by atoms with van der Waals surface area (Å²) in [5.41, 5.74) is 1.25. The smallest absolute Gasteiger partial charge is 0.239 e. The van der Waals surface area contributed by atoms with E-state index in [1.165, 1.54) is 21.3 Å². The molecule has 1 aromatic carbocycles. The lowest BCUT2D eigenvalue weighted by Gasteiger charge is -2.13. The highest BCUT2D eigenvalue weighted by Crippen LogP contribution is 2.20. The van der Waals surface area contributed by atoms with E-state index in [0.29, 0.717) is 24.3 Å². The molecule has 24 heavy (non-hydrogen) atoms. The first-order valence-corrected chi connectivity index (χ1v) is 9.06. The molecule has 2 heterocycles. The number of nitrogens with zero attached hydrogens (tertiary/aromatic N) is 3. The van der Waals surface area contributed by atoms with E-state index in [-0.39, 0.29) is 18.0 Å². The number of rotatable bonds is 4. The first-order valence-electron chi connectivity index (χ1n) is 7.46. The second-order valence-corrected chi connectivity index (χ2v) is 7.65. The zero-order valence-corrected chi connectivity index (χ0v) is 13.9. The fourth-order valence-corrected chi connectivity index (χ4v) is 4.09. The van der Waals surface area contributed by atoms with Crippen LogP contribution in [0.25, 0.3) is 5.69 Å². The standard InChI is InChI=1S/C15H17FN4O3S/c1-11-13(9-17-20(11)14-6-3-2-5-12(14)16)18-15(21)10-19-7-4-8-24(19,22)23/h2-3,5-6,9H,4,7-8,10H2,1H3,(H,18,21). The van der Waals surface area contributed by atoms with Crippen LogP contribution in [0.1, 0.15) is 12.1 Å². The maximum absolute atomic E-state index is 13.9. The van der Waals surface area contributed by atoms with Crippen molar-refractivity contribution in [3.63, 3.8) is 0 Å². The SMILES string of the molecule is Cc1c(NC(=O)CN2CCCS2(=O)=O)cnn1-c1ccccc1F. The maximum atomic E-state index is 13.9. The number of hydrogen-bond donors (Lipinski definition) is 1. The molecular weight excluding hydrogens is 335 g/mol. The van der Waals surface area contributed by atoms with E-state index in [1.807, 2.05) is 0 Å². The van der Waals surface area contributed by atoms with Gasteiger partial charge in [0.25, 0.3) is 0 Å². The van der Waals surface area contributed by atoms with E-state index in [4.69, 9.17) is 0 Å². The zero-order chi connectivity index (χ0) is 17.3. The number of benzene rings is 1. The van der Waals surface area contributed by atoms with Crippen molar-refractivity contribution in [1.29, 1.82) is 0 Å². The molecule has 1 saturated heterocycles. The Morgan fingerprint density at radius 1 is 1.38 bits per heavy atom. The van der Waals surface area contributed by atoms with Crippen LogP contribution in [0.2, 0.25) is 0 Å². The summed E-state index contributed by atoms with van der Waals surface area (Å²) in [4.78, 5) is 12.1. The zero-order valence-electron chi connectivity index (χ0n) is 13.1. The van der Waals surface area contributed by atoms with Crippen molar-refractivity contribution in [1.82, 2.24) is 14.1 Å². The van der Waals surface area contributed by atoms with Crippen LogP contribution in [0.4, 0.5) is 10.1 Å². The Bertz CT molecular complexity index is 879. The van der Waals surface area contributed by atoms with Crippen LogP contribution < -0.4 is 5.32 Å². The first kappa shape index (κ1) is 16.6. The highest BCUT2D eigenvalue weighted by atomic mass is 32.2. The summed E-state index contributed by atoms with van der Waals surface area (Å²) in [7, 11) is -3.33. The monoisotopic (exact) mass is 352 g/mol. The van der Waals surface area contributed by atoms with Gasteiger partial charge in [0.05, 0.1) is 29.9 Å². The Labute approximate surface area is 139 Å². The number of para-hydroxylation sites is 1. The Balaban J connectivity index is 1.75. The largest absolute Gasteiger partial charge is 0.322 e. The maximum Gasteiger partial charge on any atom is 0.239 e. The molecule has 7 nitrogen and oxygen atoms in total. The van der Waals surface area contributed by atoms with Crippen molar-refractivity contribution in [3.8, 4) is 5.69 Å². The van der Waals surface area contributed by atoms with Crippen LogP contribution in [0.5, 0.6) is 0 Å². The van der Waals surface area contributed by atoms with Crippen LogP contribution in [-0.4, -0.2) is 47.3 Å². The van der Waals surface area contributed by atoms with Crippen molar-refractivity contribution >= 4 is 21.6 Å². The Morgan fingerprint density at radius 2 is 2.12 bits per heavy atom. The molecule has 0 radical (unpaired) electrons. The van der Waals surface area contributed by atoms with Gasteiger partial charge in [-0.05, 0) is 25.5 Å². The van der Waals surface area contributed by atoms with Crippen molar-refractivity contribution in [3.05, 3.63) is 42.0 Å². The van der Waals surface area contributed by atoms with Gasteiger partial charge in [-0.25, -0.2) is 17.5 Å². The molecule has 0 atom stereocenters. The normalized spacial score (nSPS) is 17.1. The van der Waals surface area contributed by atoms with E-state index in [2.05, 4.69) is 10.4 Å². The van der Waals surface area contributed by atoms with Gasteiger partial charge in [0.2, 0.25) is 15.9 Å². The van der Waals surface area contributed by atoms with Gasteiger partial charge in [-0.2, -0.15) is 9.40 Å². The van der Waals surface area contributed by atoms with E-state index in [1.54, 1.807) is 25.1 Å². The quantitative estimate of drug-likeness (QED) is 0.899. The van der Waals surface area contributed by atoms with Crippen molar-refractivity contribution in [2.75, 3.05) is 24.2 Å². The Kier molecular flexibility index (Phi) is 4.37. The number of sulfonamides is 1. The number of nitrogens with one attached hydrogen (secondary N) is 1. The summed E-state index contributed by atoms with van der Waals surface area (Å²) < 4.78 is 39.9. The predicted octanol–water partition coefficient (Wildman–Crippen LogP) is 1.29. The lowest BCUT2D eigenvalue weighted by atomic mass is 10.3. The van der Waals surface area contributed by atoms with Gasteiger partial charge in [0.15, 0.2) is 0 Å². The van der Waals surface area contributed by atoms with Crippen LogP contribution in [0, 0.1) is 12.7 Å². The number of carbonyl (C=O) groups is 1. The van der Waals surface area contributed by atoms with Gasteiger partial charge in [0.1, 0.15) is 11.5 Å². The molecule has 1 aliphatic rings. The fourth-order valence-electron chi connectivity index (χ4n) is 2.62. The lowest BCUT2D eigenvalue weighted by Crippen LogP contribution is -2.34. The molecule has 2 aromatic rings. The molecule has 0 aliphatic carbocycles. The van der Waals surface area contributed by atoms with E-state index in [0.717, 1.165) is 0 Å². The summed E-state index contributed by atoms with van der Waals surface area (Å²) in [5.74, 6) is -0.800. The molecule has 1 amide bonds. The van der Waals surface area contributed by atoms with Gasteiger partial charge in [-0.1, -0.05) is 12.1 Å². The van der Waals surface area contributed by atoms with Crippen LogP contribution in [0.15, 0.2) is 30.5 Å². The minimum Gasteiger partial charge on any atom is -0.322 e. The molecule has 0 spiro atoms. The van der Waals surface area contributed by atoms with Crippen LogP contribution in [-0.2, 0) is 14.8 Å². The van der Waals surface area contributed by atoms with Gasteiger partial charge in [-0.3, -0.25) is 4.79 Å².